The van der Waals surface area contributed by atoms with E-state index in [1.54, 1.807) is 0 Å². The Morgan fingerprint density at radius 3 is 2.21 bits per heavy atom. The molecule has 1 N–H and O–H groups in total. The maximum Gasteiger partial charge on any atom is 0.309 e. The van der Waals surface area contributed by atoms with Crippen LogP contribution in [-0.4, -0.2) is 16.9 Å². The Morgan fingerprint density at radius 1 is 0.879 bits per heavy atom. The number of rotatable bonds is 2. The monoisotopic (exact) mass is 454 g/mol. The molecule has 3 nitrogen and oxygen atoms in total. The fourth-order valence-corrected chi connectivity index (χ4v) is 11.5. The highest BCUT2D eigenvalue weighted by molar-refractivity contribution is 5.81. The minimum atomic E-state index is -0.555. The molecule has 4 unspecified atom stereocenters. The zero-order valence-electron chi connectivity index (χ0n) is 21.9. The van der Waals surface area contributed by atoms with E-state index in [2.05, 4.69) is 48.1 Å². The number of Topliss-reactive ketones (excluding diaryl/α,β-unsaturated/α-hetero) is 1. The molecule has 0 heterocycles. The van der Waals surface area contributed by atoms with Crippen LogP contribution in [-0.2, 0) is 9.59 Å². The number of hydrogen-bond donors (Lipinski definition) is 1. The molecule has 9 atom stereocenters. The molecule has 5 aliphatic rings. The second kappa shape index (κ2) is 6.97. The first-order valence-corrected chi connectivity index (χ1v) is 13.6. The number of carbonyl (C=O) groups is 2. The lowest BCUT2D eigenvalue weighted by atomic mass is 9.32. The van der Waals surface area contributed by atoms with E-state index < -0.39 is 11.4 Å². The van der Waals surface area contributed by atoms with Gasteiger partial charge >= 0.3 is 5.97 Å². The molecule has 5 fully saturated rings. The predicted octanol–water partition coefficient (Wildman–Crippen LogP) is 7.30. The second-order valence-electron chi connectivity index (χ2n) is 14.5. The summed E-state index contributed by atoms with van der Waals surface area (Å²) in [7, 11) is 0. The van der Waals surface area contributed by atoms with Crippen molar-refractivity contribution < 1.29 is 14.7 Å². The molecule has 5 aliphatic carbocycles. The van der Waals surface area contributed by atoms with Crippen LogP contribution in [0.15, 0.2) is 12.2 Å². The maximum atomic E-state index is 13.0. The zero-order chi connectivity index (χ0) is 24.2. The summed E-state index contributed by atoms with van der Waals surface area (Å²) in [5, 5.41) is 10.5. The van der Waals surface area contributed by atoms with E-state index in [1.807, 2.05) is 0 Å². The van der Waals surface area contributed by atoms with Crippen molar-refractivity contribution in [3.8, 4) is 0 Å². The van der Waals surface area contributed by atoms with Gasteiger partial charge in [0.15, 0.2) is 0 Å². The molecule has 0 spiro atoms. The molecule has 0 aromatic rings. The van der Waals surface area contributed by atoms with Gasteiger partial charge in [0.2, 0.25) is 0 Å². The minimum absolute atomic E-state index is 0.0740. The number of carboxylic acid groups (broad SMARTS) is 1. The number of hydrogen-bond acceptors (Lipinski definition) is 2. The van der Waals surface area contributed by atoms with Crippen molar-refractivity contribution in [1.82, 2.24) is 0 Å². The summed E-state index contributed by atoms with van der Waals surface area (Å²) in [6.07, 6.45) is 9.85. The Kier molecular flexibility index (Phi) is 4.99. The molecule has 3 heteroatoms. The SMILES string of the molecule is C=C(C)[C@@H]1CC[C@]2(C(=O)O)CC[C@]3(C)C(CCC4[C@@]5(C)CC(=O)CC(C)(C)C5CC[C@]43C)C12. The van der Waals surface area contributed by atoms with Gasteiger partial charge in [-0.15, -0.1) is 0 Å². The predicted molar refractivity (Wildman–Crippen MR) is 132 cm³/mol. The average molecular weight is 455 g/mol. The van der Waals surface area contributed by atoms with Gasteiger partial charge in [-0.1, -0.05) is 46.8 Å². The molecule has 0 aromatic heterocycles. The summed E-state index contributed by atoms with van der Waals surface area (Å²) in [5.74, 6) is 2.07. The van der Waals surface area contributed by atoms with Crippen LogP contribution >= 0.6 is 0 Å². The van der Waals surface area contributed by atoms with Crippen LogP contribution in [0.1, 0.15) is 106 Å². The number of carboxylic acids is 1. The molecular weight excluding hydrogens is 408 g/mol. The number of aliphatic carboxylic acids is 1. The van der Waals surface area contributed by atoms with Crippen LogP contribution in [0, 0.1) is 56.7 Å². The van der Waals surface area contributed by atoms with Crippen molar-refractivity contribution in [2.75, 3.05) is 0 Å². The highest BCUT2D eigenvalue weighted by atomic mass is 16.4. The van der Waals surface area contributed by atoms with E-state index in [0.717, 1.165) is 51.4 Å². The molecule has 0 aromatic carbocycles. The second-order valence-corrected chi connectivity index (χ2v) is 14.5. The first-order valence-electron chi connectivity index (χ1n) is 13.6. The van der Waals surface area contributed by atoms with Crippen LogP contribution in [0.4, 0.5) is 0 Å². The van der Waals surface area contributed by atoms with Gasteiger partial charge in [-0.25, -0.2) is 0 Å². The summed E-state index contributed by atoms with van der Waals surface area (Å²) >= 11 is 0. The van der Waals surface area contributed by atoms with Gasteiger partial charge in [0, 0.05) is 12.8 Å². The smallest absolute Gasteiger partial charge is 0.309 e. The van der Waals surface area contributed by atoms with Crippen molar-refractivity contribution in [3.05, 3.63) is 12.2 Å². The van der Waals surface area contributed by atoms with Gasteiger partial charge < -0.3 is 5.11 Å². The van der Waals surface area contributed by atoms with Gasteiger partial charge in [-0.2, -0.15) is 0 Å². The quantitative estimate of drug-likeness (QED) is 0.445. The topological polar surface area (TPSA) is 54.4 Å². The van der Waals surface area contributed by atoms with Gasteiger partial charge in [-0.05, 0) is 110 Å². The molecule has 5 rings (SSSR count). The molecule has 184 valence electrons. The first-order chi connectivity index (χ1) is 15.2. The molecule has 0 aliphatic heterocycles. The summed E-state index contributed by atoms with van der Waals surface area (Å²) in [6, 6.07) is 0. The Morgan fingerprint density at radius 2 is 1.58 bits per heavy atom. The zero-order valence-corrected chi connectivity index (χ0v) is 21.9. The van der Waals surface area contributed by atoms with Crippen molar-refractivity contribution in [3.63, 3.8) is 0 Å². The van der Waals surface area contributed by atoms with Crippen LogP contribution in [0.3, 0.4) is 0 Å². The van der Waals surface area contributed by atoms with Crippen molar-refractivity contribution in [2.45, 2.75) is 106 Å². The van der Waals surface area contributed by atoms with E-state index in [1.165, 1.54) is 18.4 Å². The summed E-state index contributed by atoms with van der Waals surface area (Å²) in [4.78, 5) is 25.7. The van der Waals surface area contributed by atoms with Crippen molar-refractivity contribution >= 4 is 11.8 Å². The van der Waals surface area contributed by atoms with Crippen molar-refractivity contribution in [1.29, 1.82) is 0 Å². The van der Waals surface area contributed by atoms with E-state index in [9.17, 15) is 14.7 Å². The molecule has 33 heavy (non-hydrogen) atoms. The van der Waals surface area contributed by atoms with E-state index in [0.29, 0.717) is 29.5 Å². The van der Waals surface area contributed by atoms with Gasteiger partial charge in [0.05, 0.1) is 5.41 Å². The maximum absolute atomic E-state index is 13.0. The Hall–Kier alpha value is -1.12. The molecule has 0 amide bonds. The fraction of sp³-hybridized carbons (Fsp3) is 0.867. The molecule has 0 saturated heterocycles. The Bertz CT molecular complexity index is 902. The van der Waals surface area contributed by atoms with Gasteiger partial charge in [0.25, 0.3) is 0 Å². The molecule has 0 radical (unpaired) electrons. The Labute approximate surface area is 201 Å². The number of allylic oxidation sites excluding steroid dienone is 1. The van der Waals surface area contributed by atoms with E-state index in [4.69, 9.17) is 0 Å². The van der Waals surface area contributed by atoms with Crippen molar-refractivity contribution in [2.24, 2.45) is 56.7 Å². The van der Waals surface area contributed by atoms with E-state index >= 15 is 0 Å². The van der Waals surface area contributed by atoms with Crippen LogP contribution in [0.25, 0.3) is 0 Å². The lowest BCUT2D eigenvalue weighted by Crippen LogP contribution is -2.66. The first kappa shape index (κ1) is 23.6. The number of ketones is 1. The summed E-state index contributed by atoms with van der Waals surface area (Å²) < 4.78 is 0. The molecule has 0 bridgehead atoms. The van der Waals surface area contributed by atoms with Crippen LogP contribution in [0.2, 0.25) is 0 Å². The Balaban J connectivity index is 1.58. The number of fused-ring (bicyclic) bond motifs is 7. The third-order valence-corrected chi connectivity index (χ3v) is 12.9. The van der Waals surface area contributed by atoms with Crippen LogP contribution in [0.5, 0.6) is 0 Å². The summed E-state index contributed by atoms with van der Waals surface area (Å²) in [5.41, 5.74) is 1.10. The lowest BCUT2D eigenvalue weighted by molar-refractivity contribution is -0.235. The highest BCUT2D eigenvalue weighted by Gasteiger charge is 2.71. The lowest BCUT2D eigenvalue weighted by Gasteiger charge is -2.72. The third kappa shape index (κ3) is 2.80. The fourth-order valence-electron chi connectivity index (χ4n) is 11.5. The van der Waals surface area contributed by atoms with E-state index in [-0.39, 0.29) is 27.6 Å². The minimum Gasteiger partial charge on any atom is -0.481 e. The largest absolute Gasteiger partial charge is 0.481 e. The molecular formula is C30H46O3. The number of carbonyl (C=O) groups excluding carboxylic acids is 1. The normalized spacial score (nSPS) is 52.8. The average Bonchev–Trinajstić information content (AvgIpc) is 3.08. The molecule has 5 saturated carbocycles. The van der Waals surface area contributed by atoms with Gasteiger partial charge in [-0.3, -0.25) is 9.59 Å². The third-order valence-electron chi connectivity index (χ3n) is 12.9. The highest BCUT2D eigenvalue weighted by Crippen LogP contribution is 2.77. The summed E-state index contributed by atoms with van der Waals surface area (Å²) in [6.45, 7) is 18.7. The van der Waals surface area contributed by atoms with Crippen LogP contribution < -0.4 is 0 Å². The van der Waals surface area contributed by atoms with Gasteiger partial charge in [0.1, 0.15) is 5.78 Å². The standard InChI is InChI=1S/C30H46O3/c1-18(2)20-10-13-30(25(32)33)15-14-28(6)21(24(20)30)8-9-23-27(5)17-19(31)16-26(3,4)22(27)11-12-29(23,28)7/h20-24H,1,8-17H2,2-7H3,(H,32,33)/t20-,21?,22?,23?,24?,27-,28+,29+,30-/m0/s1.